The van der Waals surface area contributed by atoms with E-state index < -0.39 is 0 Å². The summed E-state index contributed by atoms with van der Waals surface area (Å²) in [6.45, 7) is 0. The minimum atomic E-state index is 0.626. The molecular formula is C44H29N5. The van der Waals surface area contributed by atoms with Crippen LogP contribution in [0.1, 0.15) is 0 Å². The first-order valence-corrected chi connectivity index (χ1v) is 16.3. The summed E-state index contributed by atoms with van der Waals surface area (Å²) in [5.41, 5.74) is 10.2. The number of pyridine rings is 1. The molecular weight excluding hydrogens is 599 g/mol. The van der Waals surface area contributed by atoms with Crippen molar-refractivity contribution in [3.63, 3.8) is 0 Å². The van der Waals surface area contributed by atoms with Gasteiger partial charge in [0, 0.05) is 38.7 Å². The lowest BCUT2D eigenvalue weighted by atomic mass is 10.0. The lowest BCUT2D eigenvalue weighted by molar-refractivity contribution is 1.07. The lowest BCUT2D eigenvalue weighted by Crippen LogP contribution is -2.00. The molecule has 0 fully saturated rings. The smallest absolute Gasteiger partial charge is 0.164 e. The average Bonchev–Trinajstić information content (AvgIpc) is 3.52. The Morgan fingerprint density at radius 1 is 0.306 bits per heavy atom. The number of hydrogen-bond donors (Lipinski definition) is 0. The summed E-state index contributed by atoms with van der Waals surface area (Å²) in [4.78, 5) is 19.9. The van der Waals surface area contributed by atoms with E-state index in [1.54, 1.807) is 0 Å². The Morgan fingerprint density at radius 2 is 0.755 bits per heavy atom. The van der Waals surface area contributed by atoms with Crippen molar-refractivity contribution in [1.29, 1.82) is 0 Å². The van der Waals surface area contributed by atoms with Crippen LogP contribution in [-0.4, -0.2) is 24.5 Å². The fourth-order valence-electron chi connectivity index (χ4n) is 6.42. The van der Waals surface area contributed by atoms with Gasteiger partial charge in [-0.3, -0.25) is 4.57 Å². The highest BCUT2D eigenvalue weighted by molar-refractivity contribution is 6.08. The second-order valence-electron chi connectivity index (χ2n) is 11.9. The lowest BCUT2D eigenvalue weighted by Gasteiger charge is -2.11. The molecule has 0 amide bonds. The molecule has 0 unspecified atom stereocenters. The molecule has 9 rings (SSSR count). The van der Waals surface area contributed by atoms with Crippen molar-refractivity contribution in [2.24, 2.45) is 0 Å². The van der Waals surface area contributed by atoms with Gasteiger partial charge in [-0.25, -0.2) is 19.9 Å². The minimum absolute atomic E-state index is 0.626. The molecule has 0 spiro atoms. The monoisotopic (exact) mass is 627 g/mol. The summed E-state index contributed by atoms with van der Waals surface area (Å²) >= 11 is 0. The van der Waals surface area contributed by atoms with E-state index in [2.05, 4.69) is 114 Å². The third kappa shape index (κ3) is 5.33. The zero-order chi connectivity index (χ0) is 32.6. The van der Waals surface area contributed by atoms with Crippen LogP contribution < -0.4 is 0 Å². The third-order valence-corrected chi connectivity index (χ3v) is 8.89. The normalized spacial score (nSPS) is 11.3. The molecule has 230 valence electrons. The number of benzene rings is 6. The van der Waals surface area contributed by atoms with Crippen LogP contribution in [0.15, 0.2) is 176 Å². The quantitative estimate of drug-likeness (QED) is 0.184. The van der Waals surface area contributed by atoms with Gasteiger partial charge in [0.15, 0.2) is 17.5 Å². The average molecular weight is 628 g/mol. The summed E-state index contributed by atoms with van der Waals surface area (Å²) in [5.74, 6) is 1.91. The highest BCUT2D eigenvalue weighted by atomic mass is 15.1. The van der Waals surface area contributed by atoms with Crippen LogP contribution in [0.25, 0.3) is 84.2 Å². The standard InChI is InChI=1S/C44H29N5/c1-4-12-30(13-5-1)31-20-22-32(23-21-31)39-29-28-38-37-18-10-11-19-40(37)49(44(38)45-39)36-26-24-35(25-27-36)43-47-41(33-14-6-2-7-15-33)46-42(48-43)34-16-8-3-9-17-34/h1-29H. The molecule has 6 aromatic carbocycles. The van der Waals surface area contributed by atoms with Crippen molar-refractivity contribution in [2.75, 3.05) is 0 Å². The van der Waals surface area contributed by atoms with Crippen molar-refractivity contribution in [1.82, 2.24) is 24.5 Å². The van der Waals surface area contributed by atoms with Crippen LogP contribution in [0.3, 0.4) is 0 Å². The van der Waals surface area contributed by atoms with Crippen LogP contribution in [0.4, 0.5) is 0 Å². The minimum Gasteiger partial charge on any atom is -0.294 e. The van der Waals surface area contributed by atoms with Gasteiger partial charge in [0.05, 0.1) is 11.2 Å². The van der Waals surface area contributed by atoms with Gasteiger partial charge in [-0.2, -0.15) is 0 Å². The second-order valence-corrected chi connectivity index (χ2v) is 11.9. The molecule has 49 heavy (non-hydrogen) atoms. The molecule has 0 aliphatic carbocycles. The molecule has 0 aliphatic rings. The van der Waals surface area contributed by atoms with Crippen LogP contribution in [0, 0.1) is 0 Å². The van der Waals surface area contributed by atoms with Crippen molar-refractivity contribution in [3.05, 3.63) is 176 Å². The fourth-order valence-corrected chi connectivity index (χ4v) is 6.42. The van der Waals surface area contributed by atoms with Gasteiger partial charge in [0.2, 0.25) is 0 Å². The Balaban J connectivity index is 1.13. The number of hydrogen-bond acceptors (Lipinski definition) is 4. The Morgan fingerprint density at radius 3 is 1.35 bits per heavy atom. The van der Waals surface area contributed by atoms with Crippen LogP contribution in [0.5, 0.6) is 0 Å². The van der Waals surface area contributed by atoms with Gasteiger partial charge in [-0.1, -0.05) is 133 Å². The summed E-state index contributed by atoms with van der Waals surface area (Å²) in [7, 11) is 0. The van der Waals surface area contributed by atoms with E-state index in [-0.39, 0.29) is 0 Å². The predicted octanol–water partition coefficient (Wildman–Crippen LogP) is 10.7. The van der Waals surface area contributed by atoms with Crippen molar-refractivity contribution in [2.45, 2.75) is 0 Å². The Bertz CT molecular complexity index is 2500. The van der Waals surface area contributed by atoms with Crippen LogP contribution in [-0.2, 0) is 0 Å². The number of fused-ring (bicyclic) bond motifs is 3. The largest absolute Gasteiger partial charge is 0.294 e. The zero-order valence-electron chi connectivity index (χ0n) is 26.5. The number of rotatable bonds is 6. The van der Waals surface area contributed by atoms with Gasteiger partial charge in [-0.15, -0.1) is 0 Å². The van der Waals surface area contributed by atoms with E-state index in [1.165, 1.54) is 11.1 Å². The summed E-state index contributed by atoms with van der Waals surface area (Å²) in [6.07, 6.45) is 0. The summed E-state index contributed by atoms with van der Waals surface area (Å²) in [6, 6.07) is 60.4. The number of aromatic nitrogens is 5. The zero-order valence-corrected chi connectivity index (χ0v) is 26.5. The number of para-hydroxylation sites is 1. The first kappa shape index (κ1) is 28.5. The van der Waals surface area contributed by atoms with Gasteiger partial charge in [-0.05, 0) is 53.6 Å². The first-order chi connectivity index (χ1) is 24.3. The summed E-state index contributed by atoms with van der Waals surface area (Å²) < 4.78 is 2.24. The van der Waals surface area contributed by atoms with Crippen LogP contribution in [0.2, 0.25) is 0 Å². The SMILES string of the molecule is c1ccc(-c2ccc(-c3ccc4c5ccccc5n(-c5ccc(-c6nc(-c7ccccc7)nc(-c7ccccc7)n6)cc5)c4n3)cc2)cc1. The molecule has 0 N–H and O–H groups in total. The van der Waals surface area contributed by atoms with E-state index in [4.69, 9.17) is 19.9 Å². The molecule has 9 aromatic rings. The van der Waals surface area contributed by atoms with Gasteiger partial charge in [0.25, 0.3) is 0 Å². The molecule has 0 bridgehead atoms. The molecule has 0 atom stereocenters. The van der Waals surface area contributed by atoms with E-state index in [1.807, 2.05) is 66.7 Å². The molecule has 0 radical (unpaired) electrons. The maximum atomic E-state index is 5.26. The van der Waals surface area contributed by atoms with Crippen molar-refractivity contribution in [3.8, 4) is 62.2 Å². The van der Waals surface area contributed by atoms with Crippen molar-refractivity contribution < 1.29 is 0 Å². The van der Waals surface area contributed by atoms with Gasteiger partial charge < -0.3 is 0 Å². The Labute approximate surface area is 283 Å². The van der Waals surface area contributed by atoms with E-state index in [9.17, 15) is 0 Å². The highest BCUT2D eigenvalue weighted by Gasteiger charge is 2.16. The third-order valence-electron chi connectivity index (χ3n) is 8.89. The Hall–Kier alpha value is -6.72. The van der Waals surface area contributed by atoms with Gasteiger partial charge in [0.1, 0.15) is 5.65 Å². The number of nitrogens with zero attached hydrogens (tertiary/aromatic N) is 5. The van der Waals surface area contributed by atoms with E-state index >= 15 is 0 Å². The fraction of sp³-hybridized carbons (Fsp3) is 0. The van der Waals surface area contributed by atoms with Crippen LogP contribution >= 0.6 is 0 Å². The molecule has 5 nitrogen and oxygen atoms in total. The summed E-state index contributed by atoms with van der Waals surface area (Å²) in [5, 5.41) is 2.28. The molecule has 0 saturated heterocycles. The molecule has 3 aromatic heterocycles. The predicted molar refractivity (Wildman–Crippen MR) is 199 cm³/mol. The topological polar surface area (TPSA) is 56.5 Å². The van der Waals surface area contributed by atoms with E-state index in [0.29, 0.717) is 17.5 Å². The molecule has 0 aliphatic heterocycles. The molecule has 3 heterocycles. The molecule has 0 saturated carbocycles. The maximum Gasteiger partial charge on any atom is 0.164 e. The van der Waals surface area contributed by atoms with Gasteiger partial charge >= 0.3 is 0 Å². The highest BCUT2D eigenvalue weighted by Crippen LogP contribution is 2.34. The first-order valence-electron chi connectivity index (χ1n) is 16.3. The molecule has 5 heteroatoms. The second kappa shape index (κ2) is 12.1. The van der Waals surface area contributed by atoms with Crippen molar-refractivity contribution >= 4 is 21.9 Å². The Kier molecular flexibility index (Phi) is 7.06. The van der Waals surface area contributed by atoms with E-state index in [0.717, 1.165) is 55.6 Å². The maximum absolute atomic E-state index is 5.26.